The van der Waals surface area contributed by atoms with Crippen molar-refractivity contribution in [1.29, 1.82) is 0 Å². The van der Waals surface area contributed by atoms with Gasteiger partial charge in [0.15, 0.2) is 0 Å². The van der Waals surface area contributed by atoms with Gasteiger partial charge >= 0.3 is 0 Å². The van der Waals surface area contributed by atoms with E-state index in [9.17, 15) is 4.79 Å². The van der Waals surface area contributed by atoms with Crippen LogP contribution in [0.15, 0.2) is 30.3 Å². The molecule has 0 unspecified atom stereocenters. The lowest BCUT2D eigenvalue weighted by Crippen LogP contribution is -2.43. The highest BCUT2D eigenvalue weighted by Crippen LogP contribution is 2.09. The fourth-order valence-corrected chi connectivity index (χ4v) is 2.26. The largest absolute Gasteiger partial charge is 0.395 e. The van der Waals surface area contributed by atoms with Crippen LogP contribution in [-0.2, 0) is 16.1 Å². The highest BCUT2D eigenvalue weighted by Gasteiger charge is 2.20. The van der Waals surface area contributed by atoms with Gasteiger partial charge in [0.25, 0.3) is 0 Å². The second kappa shape index (κ2) is 9.50. The van der Waals surface area contributed by atoms with Crippen molar-refractivity contribution in [3.63, 3.8) is 0 Å². The molecule has 0 radical (unpaired) electrons. The van der Waals surface area contributed by atoms with E-state index in [4.69, 9.17) is 9.84 Å². The van der Waals surface area contributed by atoms with E-state index >= 15 is 0 Å². The van der Waals surface area contributed by atoms with Crippen LogP contribution < -0.4 is 0 Å². The molecule has 0 heterocycles. The van der Waals surface area contributed by atoms with Crippen molar-refractivity contribution in [3.05, 3.63) is 35.9 Å². The summed E-state index contributed by atoms with van der Waals surface area (Å²) >= 11 is 0. The highest BCUT2D eigenvalue weighted by atomic mass is 16.5. The Kier molecular flexibility index (Phi) is 7.92. The van der Waals surface area contributed by atoms with Crippen LogP contribution in [0, 0.1) is 0 Å². The fourth-order valence-electron chi connectivity index (χ4n) is 2.26. The molecule has 0 aliphatic heterocycles. The molecule has 0 saturated carbocycles. The van der Waals surface area contributed by atoms with Crippen molar-refractivity contribution >= 4 is 5.91 Å². The maximum Gasteiger partial charge on any atom is 0.248 e. The molecule has 0 fully saturated rings. The molecule has 0 aromatic heterocycles. The zero-order chi connectivity index (χ0) is 14.8. The van der Waals surface area contributed by atoms with Crippen LogP contribution in [0.1, 0.15) is 32.3 Å². The topological polar surface area (TPSA) is 49.8 Å². The van der Waals surface area contributed by atoms with Gasteiger partial charge in [-0.3, -0.25) is 4.79 Å². The van der Waals surface area contributed by atoms with Crippen molar-refractivity contribution in [2.75, 3.05) is 19.8 Å². The van der Waals surface area contributed by atoms with Gasteiger partial charge in [0.1, 0.15) is 6.61 Å². The first-order valence-corrected chi connectivity index (χ1v) is 7.24. The monoisotopic (exact) mass is 279 g/mol. The maximum absolute atomic E-state index is 12.2. The number of aliphatic hydroxyl groups excluding tert-OH is 1. The van der Waals surface area contributed by atoms with Crippen LogP contribution in [0.25, 0.3) is 0 Å². The number of hydrogen-bond acceptors (Lipinski definition) is 3. The Balaban J connectivity index is 2.45. The average Bonchev–Trinajstić information content (AvgIpc) is 2.48. The van der Waals surface area contributed by atoms with Crippen molar-refractivity contribution < 1.29 is 14.6 Å². The van der Waals surface area contributed by atoms with Crippen LogP contribution >= 0.6 is 0 Å². The molecular formula is C16H25NO3. The van der Waals surface area contributed by atoms with Crippen LogP contribution in [0.2, 0.25) is 0 Å². The molecule has 0 aliphatic rings. The van der Waals surface area contributed by atoms with E-state index in [1.165, 1.54) is 0 Å². The number of carbonyl (C=O) groups is 1. The predicted octanol–water partition coefficient (Wildman–Crippen LogP) is 2.21. The summed E-state index contributed by atoms with van der Waals surface area (Å²) in [5.74, 6) is -0.0521. The SMILES string of the molecule is CCC(CC)N(CCO)C(=O)COCc1ccccc1. The molecule has 4 nitrogen and oxygen atoms in total. The molecule has 1 aromatic rings. The molecule has 4 heteroatoms. The second-order valence-electron chi connectivity index (χ2n) is 4.76. The van der Waals surface area contributed by atoms with Crippen LogP contribution in [0.5, 0.6) is 0 Å². The summed E-state index contributed by atoms with van der Waals surface area (Å²) in [6.45, 7) is 4.96. The Labute approximate surface area is 121 Å². The van der Waals surface area contributed by atoms with E-state index in [1.54, 1.807) is 4.90 Å². The Morgan fingerprint density at radius 1 is 1.25 bits per heavy atom. The number of hydrogen-bond donors (Lipinski definition) is 1. The Bertz CT molecular complexity index is 377. The molecule has 1 N–H and O–H groups in total. The summed E-state index contributed by atoms with van der Waals surface area (Å²) in [4.78, 5) is 13.9. The van der Waals surface area contributed by atoms with E-state index < -0.39 is 0 Å². The van der Waals surface area contributed by atoms with E-state index in [0.717, 1.165) is 18.4 Å². The van der Waals surface area contributed by atoms with Crippen molar-refractivity contribution in [2.45, 2.75) is 39.3 Å². The van der Waals surface area contributed by atoms with Crippen LogP contribution in [0.3, 0.4) is 0 Å². The van der Waals surface area contributed by atoms with E-state index in [0.29, 0.717) is 13.2 Å². The highest BCUT2D eigenvalue weighted by molar-refractivity contribution is 5.77. The number of nitrogens with zero attached hydrogens (tertiary/aromatic N) is 1. The molecule has 0 saturated heterocycles. The van der Waals surface area contributed by atoms with E-state index in [2.05, 4.69) is 13.8 Å². The fraction of sp³-hybridized carbons (Fsp3) is 0.562. The summed E-state index contributed by atoms with van der Waals surface area (Å²) in [5.41, 5.74) is 1.05. The van der Waals surface area contributed by atoms with Gasteiger partial charge in [0.05, 0.1) is 13.2 Å². The lowest BCUT2D eigenvalue weighted by molar-refractivity contribution is -0.139. The first-order valence-electron chi connectivity index (χ1n) is 7.24. The quantitative estimate of drug-likeness (QED) is 0.754. The second-order valence-corrected chi connectivity index (χ2v) is 4.76. The lowest BCUT2D eigenvalue weighted by atomic mass is 10.1. The summed E-state index contributed by atoms with van der Waals surface area (Å²) in [5, 5.41) is 9.09. The van der Waals surface area contributed by atoms with Crippen molar-refractivity contribution in [3.8, 4) is 0 Å². The molecule has 20 heavy (non-hydrogen) atoms. The third kappa shape index (κ3) is 5.31. The molecule has 0 bridgehead atoms. The lowest BCUT2D eigenvalue weighted by Gasteiger charge is -2.30. The number of rotatable bonds is 9. The van der Waals surface area contributed by atoms with Gasteiger partial charge in [-0.05, 0) is 18.4 Å². The molecule has 0 atom stereocenters. The minimum Gasteiger partial charge on any atom is -0.395 e. The number of carbonyl (C=O) groups excluding carboxylic acids is 1. The first-order chi connectivity index (χ1) is 9.72. The number of aliphatic hydroxyl groups is 1. The molecule has 1 amide bonds. The van der Waals surface area contributed by atoms with E-state index in [-0.39, 0.29) is 25.2 Å². The maximum atomic E-state index is 12.2. The number of ether oxygens (including phenoxy) is 1. The van der Waals surface area contributed by atoms with Gasteiger partial charge < -0.3 is 14.7 Å². The zero-order valence-corrected chi connectivity index (χ0v) is 12.4. The summed E-state index contributed by atoms with van der Waals surface area (Å²) in [7, 11) is 0. The standard InChI is InChI=1S/C16H25NO3/c1-3-15(4-2)17(10-11-18)16(19)13-20-12-14-8-6-5-7-9-14/h5-9,15,18H,3-4,10-13H2,1-2H3. The van der Waals surface area contributed by atoms with Crippen molar-refractivity contribution in [1.82, 2.24) is 4.90 Å². The van der Waals surface area contributed by atoms with E-state index in [1.807, 2.05) is 30.3 Å². The zero-order valence-electron chi connectivity index (χ0n) is 12.4. The Hall–Kier alpha value is -1.39. The van der Waals surface area contributed by atoms with Gasteiger partial charge in [-0.15, -0.1) is 0 Å². The molecule has 112 valence electrons. The molecule has 1 rings (SSSR count). The minimum atomic E-state index is -0.0521. The van der Waals surface area contributed by atoms with Crippen LogP contribution in [-0.4, -0.2) is 41.7 Å². The molecular weight excluding hydrogens is 254 g/mol. The Morgan fingerprint density at radius 2 is 1.90 bits per heavy atom. The van der Waals surface area contributed by atoms with Crippen molar-refractivity contribution in [2.24, 2.45) is 0 Å². The predicted molar refractivity (Wildman–Crippen MR) is 79.3 cm³/mol. The Morgan fingerprint density at radius 3 is 2.45 bits per heavy atom. The third-order valence-electron chi connectivity index (χ3n) is 3.38. The molecule has 0 spiro atoms. The average molecular weight is 279 g/mol. The molecule has 1 aromatic carbocycles. The number of benzene rings is 1. The van der Waals surface area contributed by atoms with Gasteiger partial charge in [0.2, 0.25) is 5.91 Å². The smallest absolute Gasteiger partial charge is 0.248 e. The summed E-state index contributed by atoms with van der Waals surface area (Å²) in [6.07, 6.45) is 1.78. The van der Waals surface area contributed by atoms with Gasteiger partial charge in [0, 0.05) is 12.6 Å². The number of amides is 1. The first kappa shape index (κ1) is 16.7. The third-order valence-corrected chi connectivity index (χ3v) is 3.38. The van der Waals surface area contributed by atoms with Gasteiger partial charge in [-0.2, -0.15) is 0 Å². The van der Waals surface area contributed by atoms with Gasteiger partial charge in [-0.1, -0.05) is 44.2 Å². The minimum absolute atomic E-state index is 0.0130. The summed E-state index contributed by atoms with van der Waals surface area (Å²) < 4.78 is 5.48. The normalized spacial score (nSPS) is 10.8. The molecule has 0 aliphatic carbocycles. The van der Waals surface area contributed by atoms with Crippen LogP contribution in [0.4, 0.5) is 0 Å². The summed E-state index contributed by atoms with van der Waals surface area (Å²) in [6, 6.07) is 9.96. The van der Waals surface area contributed by atoms with Gasteiger partial charge in [-0.25, -0.2) is 0 Å².